The van der Waals surface area contributed by atoms with Crippen LogP contribution in [0.15, 0.2) is 0 Å². The second-order valence-corrected chi connectivity index (χ2v) is 3.22. The van der Waals surface area contributed by atoms with Gasteiger partial charge in [0.25, 0.3) is 0 Å². The molecule has 12 heavy (non-hydrogen) atoms. The number of rotatable bonds is 4. The van der Waals surface area contributed by atoms with E-state index in [1.165, 1.54) is 6.92 Å². The monoisotopic (exact) mass is 174 g/mol. The zero-order valence-corrected chi connectivity index (χ0v) is 7.63. The van der Waals surface area contributed by atoms with Gasteiger partial charge in [0.05, 0.1) is 0 Å². The summed E-state index contributed by atoms with van der Waals surface area (Å²) in [6, 6.07) is -0.748. The molecule has 0 aliphatic rings. The van der Waals surface area contributed by atoms with Crippen molar-refractivity contribution < 1.29 is 14.7 Å². The Hall–Kier alpha value is -1.06. The lowest BCUT2D eigenvalue weighted by atomic mass is 10.0. The largest absolute Gasteiger partial charge is 0.480 e. The quantitative estimate of drug-likeness (QED) is 0.614. The van der Waals surface area contributed by atoms with E-state index in [1.54, 1.807) is 0 Å². The highest BCUT2D eigenvalue weighted by atomic mass is 16.4. The van der Waals surface area contributed by atoms with Gasteiger partial charge in [0.2, 0.25) is 5.91 Å². The molecular weight excluding hydrogens is 159 g/mol. The Morgan fingerprint density at radius 1 is 1.42 bits per heavy atom. The molecule has 0 aromatic heterocycles. The maximum Gasteiger partial charge on any atom is 0.326 e. The number of hydrogen-bond acceptors (Lipinski definition) is 2. The van der Waals surface area contributed by atoms with Gasteiger partial charge in [0.1, 0.15) is 6.04 Å². The average Bonchev–Trinajstić information content (AvgIpc) is 1.83. The summed E-state index contributed by atoms with van der Waals surface area (Å²) < 4.78 is 0. The third kappa shape index (κ3) is 4.71. The van der Waals surface area contributed by atoms with Crippen molar-refractivity contribution in [1.82, 2.24) is 5.32 Å². The Labute approximate surface area is 72.0 Å². The lowest BCUT2D eigenvalue weighted by Gasteiger charge is -2.14. The molecule has 0 aliphatic heterocycles. The van der Waals surface area contributed by atoms with Gasteiger partial charge in [-0.1, -0.05) is 13.8 Å². The third-order valence-corrected chi connectivity index (χ3v) is 1.38. The van der Waals surface area contributed by atoms with Gasteiger partial charge in [-0.3, -0.25) is 4.79 Å². The van der Waals surface area contributed by atoms with Crippen molar-refractivity contribution in [2.75, 3.05) is 0 Å². The zero-order chi connectivity index (χ0) is 9.72. The van der Waals surface area contributed by atoms with Gasteiger partial charge in [0, 0.05) is 6.92 Å². The van der Waals surface area contributed by atoms with Crippen molar-refractivity contribution in [3.63, 3.8) is 0 Å². The predicted octanol–water partition coefficient (Wildman–Crippen LogP) is 0.622. The Bertz CT molecular complexity index is 177. The maximum absolute atomic E-state index is 10.6. The van der Waals surface area contributed by atoms with Crippen molar-refractivity contribution in [3.8, 4) is 0 Å². The summed E-state index contributed by atoms with van der Waals surface area (Å²) in [7, 11) is 0. The Morgan fingerprint density at radius 2 is 1.92 bits per heavy atom. The molecule has 4 nitrogen and oxygen atoms in total. The topological polar surface area (TPSA) is 66.4 Å². The zero-order valence-electron chi connectivity index (χ0n) is 7.63. The van der Waals surface area contributed by atoms with Crippen LogP contribution in [0.3, 0.4) is 0 Å². The van der Waals surface area contributed by atoms with E-state index in [-0.39, 0.29) is 11.8 Å². The molecule has 4 heteroatoms. The lowest BCUT2D eigenvalue weighted by Crippen LogP contribution is -2.40. The molecule has 0 aliphatic carbocycles. The minimum Gasteiger partial charge on any atom is -0.480 e. The van der Waals surface area contributed by atoms with Gasteiger partial charge in [-0.15, -0.1) is 0 Å². The van der Waals surface area contributed by atoms with Gasteiger partial charge in [-0.05, 0) is 12.3 Å². The molecule has 0 saturated carbocycles. The Morgan fingerprint density at radius 3 is 2.17 bits per heavy atom. The first kappa shape index (κ1) is 10.9. The minimum absolute atomic E-state index is 0.262. The second-order valence-electron chi connectivity index (χ2n) is 3.22. The highest BCUT2D eigenvalue weighted by Gasteiger charge is 2.18. The van der Waals surface area contributed by atoms with E-state index in [9.17, 15) is 9.59 Å². The molecule has 0 heterocycles. The second kappa shape index (κ2) is 4.74. The molecule has 0 bridgehead atoms. The van der Waals surface area contributed by atoms with E-state index >= 15 is 0 Å². The molecule has 0 fully saturated rings. The maximum atomic E-state index is 10.6. The molecule has 0 aromatic rings. The molecule has 1 amide bonds. The minimum atomic E-state index is -0.973. The van der Waals surface area contributed by atoms with Crippen LogP contribution in [0.5, 0.6) is 0 Å². The molecule has 0 unspecified atom stereocenters. The first-order valence-corrected chi connectivity index (χ1v) is 3.93. The Balaban J connectivity index is 4.04. The standard InChI is InChI=1S/C8H15NO3/c1-5(2)4-7(8(11)12)9-6(3)10/h5,7H,4H2,1-3H3,(H,9,10)(H,11,12)/t7-/m0/s1/i6+1. The van der Waals surface area contributed by atoms with Gasteiger partial charge >= 0.3 is 5.97 Å². The van der Waals surface area contributed by atoms with Crippen LogP contribution in [-0.4, -0.2) is 23.0 Å². The summed E-state index contributed by atoms with van der Waals surface area (Å²) >= 11 is 0. The van der Waals surface area contributed by atoms with Gasteiger partial charge in [-0.2, -0.15) is 0 Å². The van der Waals surface area contributed by atoms with Crippen LogP contribution < -0.4 is 5.32 Å². The van der Waals surface area contributed by atoms with Gasteiger partial charge in [-0.25, -0.2) is 4.79 Å². The predicted molar refractivity (Wildman–Crippen MR) is 44.7 cm³/mol. The van der Waals surface area contributed by atoms with E-state index in [4.69, 9.17) is 5.11 Å². The molecule has 0 spiro atoms. The lowest BCUT2D eigenvalue weighted by molar-refractivity contribution is -0.142. The van der Waals surface area contributed by atoms with Crippen molar-refractivity contribution >= 4 is 11.9 Å². The normalized spacial score (nSPS) is 12.7. The fourth-order valence-electron chi connectivity index (χ4n) is 0.938. The summed E-state index contributed by atoms with van der Waals surface area (Å²) in [5.41, 5.74) is 0. The SMILES string of the molecule is CC(C)C[C@H](N[13C](C)=O)C(=O)O. The van der Waals surface area contributed by atoms with E-state index in [0.717, 1.165) is 0 Å². The number of carbonyl (C=O) groups is 2. The molecule has 0 rings (SSSR count). The summed E-state index contributed by atoms with van der Waals surface area (Å²) in [5, 5.41) is 11.0. The summed E-state index contributed by atoms with van der Waals surface area (Å²) in [4.78, 5) is 21.1. The fraction of sp³-hybridized carbons (Fsp3) is 0.750. The molecule has 0 radical (unpaired) electrons. The Kier molecular flexibility index (Phi) is 4.33. The number of carboxylic acids is 1. The average molecular weight is 174 g/mol. The van der Waals surface area contributed by atoms with E-state index in [2.05, 4.69) is 5.32 Å². The number of nitrogens with one attached hydrogen (secondary N) is 1. The molecular formula is C8H15NO3. The molecule has 0 aromatic carbocycles. The number of amides is 1. The van der Waals surface area contributed by atoms with E-state index in [0.29, 0.717) is 6.42 Å². The molecule has 0 saturated heterocycles. The summed E-state index contributed by atoms with van der Waals surface area (Å²) in [6.07, 6.45) is 0.467. The van der Waals surface area contributed by atoms with Crippen LogP contribution in [0.1, 0.15) is 27.2 Å². The smallest absolute Gasteiger partial charge is 0.326 e. The summed E-state index contributed by atoms with van der Waals surface area (Å²) in [5.74, 6) is -1.01. The third-order valence-electron chi connectivity index (χ3n) is 1.38. The van der Waals surface area contributed by atoms with Crippen molar-refractivity contribution in [2.45, 2.75) is 33.2 Å². The number of carboxylic acid groups (broad SMARTS) is 1. The molecule has 2 N–H and O–H groups in total. The van der Waals surface area contributed by atoms with Crippen molar-refractivity contribution in [2.24, 2.45) is 5.92 Å². The number of hydrogen-bond donors (Lipinski definition) is 2. The van der Waals surface area contributed by atoms with Crippen molar-refractivity contribution in [1.29, 1.82) is 0 Å². The number of aliphatic carboxylic acids is 1. The van der Waals surface area contributed by atoms with Crippen molar-refractivity contribution in [3.05, 3.63) is 0 Å². The molecule has 1 atom stereocenters. The van der Waals surface area contributed by atoms with E-state index < -0.39 is 12.0 Å². The summed E-state index contributed by atoms with van der Waals surface area (Å²) in [6.45, 7) is 5.14. The van der Waals surface area contributed by atoms with Crippen LogP contribution in [0.2, 0.25) is 0 Å². The van der Waals surface area contributed by atoms with Crippen LogP contribution >= 0.6 is 0 Å². The first-order valence-electron chi connectivity index (χ1n) is 3.93. The van der Waals surface area contributed by atoms with Gasteiger partial charge in [0.15, 0.2) is 0 Å². The highest BCUT2D eigenvalue weighted by Crippen LogP contribution is 2.04. The van der Waals surface area contributed by atoms with Crippen LogP contribution in [0.25, 0.3) is 0 Å². The van der Waals surface area contributed by atoms with Crippen LogP contribution in [0.4, 0.5) is 0 Å². The molecule has 70 valence electrons. The van der Waals surface area contributed by atoms with Crippen LogP contribution in [-0.2, 0) is 9.59 Å². The van der Waals surface area contributed by atoms with Gasteiger partial charge < -0.3 is 10.4 Å². The fourth-order valence-corrected chi connectivity index (χ4v) is 0.938. The number of carbonyl (C=O) groups excluding carboxylic acids is 1. The van der Waals surface area contributed by atoms with Crippen LogP contribution in [0, 0.1) is 5.92 Å². The highest BCUT2D eigenvalue weighted by molar-refractivity contribution is 5.81. The van der Waals surface area contributed by atoms with E-state index in [1.807, 2.05) is 13.8 Å². The first-order chi connectivity index (χ1) is 5.43.